The molecule has 1 fully saturated rings. The van der Waals surface area contributed by atoms with Gasteiger partial charge in [-0.15, -0.1) is 10.2 Å². The second kappa shape index (κ2) is 7.74. The first kappa shape index (κ1) is 17.5. The Balaban J connectivity index is 1.65. The molecule has 6 nitrogen and oxygen atoms in total. The molecule has 2 heterocycles. The largest absolute Gasteiger partial charge is 0.419 e. The van der Waals surface area contributed by atoms with Crippen LogP contribution in [0.3, 0.4) is 0 Å². The normalized spacial score (nSPS) is 20.8. The van der Waals surface area contributed by atoms with E-state index >= 15 is 0 Å². The number of halogens is 1. The van der Waals surface area contributed by atoms with Gasteiger partial charge in [-0.3, -0.25) is 9.69 Å². The van der Waals surface area contributed by atoms with Crippen LogP contribution in [0.2, 0.25) is 0 Å². The summed E-state index contributed by atoms with van der Waals surface area (Å²) in [6.07, 6.45) is 2.15. The molecule has 0 unspecified atom stereocenters. The van der Waals surface area contributed by atoms with E-state index in [2.05, 4.69) is 27.3 Å². The summed E-state index contributed by atoms with van der Waals surface area (Å²) in [5.74, 6) is 0.909. The van der Waals surface area contributed by atoms with Crippen molar-refractivity contribution in [1.82, 2.24) is 20.4 Å². The fourth-order valence-corrected chi connectivity index (χ4v) is 3.42. The van der Waals surface area contributed by atoms with Crippen LogP contribution in [0, 0.1) is 11.7 Å². The summed E-state index contributed by atoms with van der Waals surface area (Å²) in [6.45, 7) is 5.88. The number of aromatic nitrogens is 2. The average Bonchev–Trinajstić information content (AvgIpc) is 3.15. The van der Waals surface area contributed by atoms with Crippen molar-refractivity contribution in [3.8, 4) is 11.5 Å². The van der Waals surface area contributed by atoms with Crippen LogP contribution in [0.1, 0.15) is 32.6 Å². The van der Waals surface area contributed by atoms with Gasteiger partial charge in [-0.25, -0.2) is 4.39 Å². The Bertz CT molecular complexity index is 733. The Labute approximate surface area is 146 Å². The third-order valence-corrected chi connectivity index (χ3v) is 4.46. The predicted octanol–water partition coefficient (Wildman–Crippen LogP) is 2.61. The number of nitrogens with one attached hydrogen (secondary N) is 1. The molecule has 0 saturated carbocycles. The highest BCUT2D eigenvalue weighted by Crippen LogP contribution is 2.24. The minimum absolute atomic E-state index is 0.000802. The lowest BCUT2D eigenvalue weighted by molar-refractivity contribution is -0.119. The van der Waals surface area contributed by atoms with E-state index in [0.29, 0.717) is 29.8 Å². The van der Waals surface area contributed by atoms with Crippen molar-refractivity contribution < 1.29 is 13.6 Å². The summed E-state index contributed by atoms with van der Waals surface area (Å²) in [7, 11) is 0. The van der Waals surface area contributed by atoms with Crippen molar-refractivity contribution in [2.75, 3.05) is 13.1 Å². The van der Waals surface area contributed by atoms with Gasteiger partial charge in [0.05, 0.1) is 6.54 Å². The number of nitrogens with zero attached hydrogens (tertiary/aromatic N) is 3. The molecule has 7 heteroatoms. The number of amides is 1. The van der Waals surface area contributed by atoms with E-state index in [-0.39, 0.29) is 17.8 Å². The standard InChI is InChI=1S/C18H23FN4O2/c1-3-5-14-9-23(10-16(14)20-12(2)24)11-17-21-22-18(25-17)13-6-4-7-15(19)8-13/h4,6-8,14,16H,3,5,9-11H2,1-2H3,(H,20,24)/t14-,16-/m1/s1. The lowest BCUT2D eigenvalue weighted by Crippen LogP contribution is -2.39. The number of hydrogen-bond donors (Lipinski definition) is 1. The van der Waals surface area contributed by atoms with E-state index < -0.39 is 0 Å². The topological polar surface area (TPSA) is 71.3 Å². The second-order valence-electron chi connectivity index (χ2n) is 6.56. The highest BCUT2D eigenvalue weighted by atomic mass is 19.1. The summed E-state index contributed by atoms with van der Waals surface area (Å²) >= 11 is 0. The van der Waals surface area contributed by atoms with Crippen molar-refractivity contribution in [1.29, 1.82) is 0 Å². The smallest absolute Gasteiger partial charge is 0.247 e. The fourth-order valence-electron chi connectivity index (χ4n) is 3.42. The van der Waals surface area contributed by atoms with Crippen molar-refractivity contribution in [2.45, 2.75) is 39.3 Å². The number of likely N-dealkylation sites (tertiary alicyclic amines) is 1. The Morgan fingerprint density at radius 3 is 2.96 bits per heavy atom. The third-order valence-electron chi connectivity index (χ3n) is 4.46. The van der Waals surface area contributed by atoms with Gasteiger partial charge < -0.3 is 9.73 Å². The molecule has 1 saturated heterocycles. The molecule has 3 rings (SSSR count). The fraction of sp³-hybridized carbons (Fsp3) is 0.500. The summed E-state index contributed by atoms with van der Waals surface area (Å²) < 4.78 is 19.0. The van der Waals surface area contributed by atoms with Gasteiger partial charge in [0.1, 0.15) is 5.82 Å². The highest BCUT2D eigenvalue weighted by molar-refractivity contribution is 5.73. The van der Waals surface area contributed by atoms with Gasteiger partial charge in [0.2, 0.25) is 17.7 Å². The molecule has 2 aromatic rings. The molecule has 0 bridgehead atoms. The molecule has 25 heavy (non-hydrogen) atoms. The van der Waals surface area contributed by atoms with Crippen LogP contribution < -0.4 is 5.32 Å². The van der Waals surface area contributed by atoms with Crippen LogP contribution in [0.4, 0.5) is 4.39 Å². The van der Waals surface area contributed by atoms with Crippen molar-refractivity contribution in [3.63, 3.8) is 0 Å². The first-order valence-electron chi connectivity index (χ1n) is 8.63. The molecule has 1 aromatic carbocycles. The zero-order chi connectivity index (χ0) is 17.8. The number of rotatable bonds is 6. The molecule has 2 atom stereocenters. The van der Waals surface area contributed by atoms with Crippen molar-refractivity contribution in [3.05, 3.63) is 36.0 Å². The van der Waals surface area contributed by atoms with Crippen LogP contribution in [-0.4, -0.2) is 40.1 Å². The van der Waals surface area contributed by atoms with Crippen molar-refractivity contribution >= 4 is 5.91 Å². The summed E-state index contributed by atoms with van der Waals surface area (Å²) in [5, 5.41) is 11.1. The van der Waals surface area contributed by atoms with Gasteiger partial charge in [-0.05, 0) is 30.5 Å². The van der Waals surface area contributed by atoms with Gasteiger partial charge >= 0.3 is 0 Å². The number of carbonyl (C=O) groups is 1. The van der Waals surface area contributed by atoms with Gasteiger partial charge in [0.15, 0.2) is 0 Å². The van der Waals surface area contributed by atoms with Gasteiger partial charge in [0.25, 0.3) is 0 Å². The molecule has 0 spiro atoms. The van der Waals surface area contributed by atoms with Crippen LogP contribution in [0.15, 0.2) is 28.7 Å². The highest BCUT2D eigenvalue weighted by Gasteiger charge is 2.33. The Morgan fingerprint density at radius 1 is 1.40 bits per heavy atom. The van der Waals surface area contributed by atoms with Crippen LogP contribution in [0.5, 0.6) is 0 Å². The number of carbonyl (C=O) groups excluding carboxylic acids is 1. The van der Waals surface area contributed by atoms with E-state index in [1.54, 1.807) is 19.1 Å². The van der Waals surface area contributed by atoms with Crippen LogP contribution in [-0.2, 0) is 11.3 Å². The maximum Gasteiger partial charge on any atom is 0.247 e. The first-order valence-corrected chi connectivity index (χ1v) is 8.63. The average molecular weight is 346 g/mol. The minimum atomic E-state index is -0.336. The molecule has 1 aromatic heterocycles. The number of benzene rings is 1. The van der Waals surface area contributed by atoms with Gasteiger partial charge in [-0.2, -0.15) is 0 Å². The summed E-state index contributed by atoms with van der Waals surface area (Å²) in [6, 6.07) is 6.25. The molecule has 0 aliphatic carbocycles. The van der Waals surface area contributed by atoms with E-state index in [0.717, 1.165) is 25.9 Å². The Kier molecular flexibility index (Phi) is 5.43. The third kappa shape index (κ3) is 4.42. The molecular formula is C18H23FN4O2. The van der Waals surface area contributed by atoms with E-state index in [4.69, 9.17) is 4.42 Å². The van der Waals surface area contributed by atoms with Gasteiger partial charge in [0, 0.05) is 31.6 Å². The summed E-state index contributed by atoms with van der Waals surface area (Å²) in [4.78, 5) is 13.6. The maximum atomic E-state index is 13.3. The SMILES string of the molecule is CCC[C@@H]1CN(Cc2nnc(-c3cccc(F)c3)o2)C[C@H]1NC(C)=O. The van der Waals surface area contributed by atoms with Crippen molar-refractivity contribution in [2.24, 2.45) is 5.92 Å². The van der Waals surface area contributed by atoms with E-state index in [1.807, 2.05) is 0 Å². The Hall–Kier alpha value is -2.28. The lowest BCUT2D eigenvalue weighted by Gasteiger charge is -2.18. The molecule has 1 N–H and O–H groups in total. The molecule has 1 aliphatic heterocycles. The zero-order valence-electron chi connectivity index (χ0n) is 14.5. The predicted molar refractivity (Wildman–Crippen MR) is 91.0 cm³/mol. The lowest BCUT2D eigenvalue weighted by atomic mass is 9.98. The van der Waals surface area contributed by atoms with E-state index in [9.17, 15) is 9.18 Å². The number of hydrogen-bond acceptors (Lipinski definition) is 5. The van der Waals surface area contributed by atoms with Crippen LogP contribution in [0.25, 0.3) is 11.5 Å². The zero-order valence-corrected chi connectivity index (χ0v) is 14.5. The molecular weight excluding hydrogens is 323 g/mol. The Morgan fingerprint density at radius 2 is 2.24 bits per heavy atom. The van der Waals surface area contributed by atoms with Gasteiger partial charge in [-0.1, -0.05) is 19.4 Å². The quantitative estimate of drug-likeness (QED) is 0.870. The van der Waals surface area contributed by atoms with Crippen LogP contribution >= 0.6 is 0 Å². The maximum absolute atomic E-state index is 13.3. The summed E-state index contributed by atoms with van der Waals surface area (Å²) in [5.41, 5.74) is 0.570. The first-order chi connectivity index (χ1) is 12.0. The molecule has 1 aliphatic rings. The monoisotopic (exact) mass is 346 g/mol. The van der Waals surface area contributed by atoms with E-state index in [1.165, 1.54) is 12.1 Å². The second-order valence-corrected chi connectivity index (χ2v) is 6.56. The molecule has 0 radical (unpaired) electrons. The molecule has 1 amide bonds. The molecule has 134 valence electrons. The minimum Gasteiger partial charge on any atom is -0.419 e.